The summed E-state index contributed by atoms with van der Waals surface area (Å²) in [7, 11) is 1.60. The highest BCUT2D eigenvalue weighted by molar-refractivity contribution is 5.84. The second kappa shape index (κ2) is 9.39. The molecule has 2 amide bonds. The molecule has 24 heavy (non-hydrogen) atoms. The summed E-state index contributed by atoms with van der Waals surface area (Å²) in [6.07, 6.45) is 0.955. The Morgan fingerprint density at radius 2 is 2.12 bits per heavy atom. The standard InChI is InChI=1S/C18H26N2O4/c1-24-12-10-19-14-16(7-8-17(19)22)18(23)20(9-11-21)13-15-5-3-2-4-6-15/h2-6,16,21H,7-14H2,1H3. The molecule has 1 saturated heterocycles. The molecule has 1 N–H and O–H groups in total. The summed E-state index contributed by atoms with van der Waals surface area (Å²) in [5.74, 6) is -0.134. The number of rotatable bonds is 8. The molecule has 2 rings (SSSR count). The van der Waals surface area contributed by atoms with Gasteiger partial charge in [-0.3, -0.25) is 9.59 Å². The van der Waals surface area contributed by atoms with Gasteiger partial charge in [-0.15, -0.1) is 0 Å². The Labute approximate surface area is 143 Å². The number of likely N-dealkylation sites (tertiary alicyclic amines) is 1. The Kier molecular flexibility index (Phi) is 7.21. The molecule has 1 unspecified atom stereocenters. The number of carbonyl (C=O) groups is 2. The van der Waals surface area contributed by atoms with E-state index in [4.69, 9.17) is 4.74 Å². The van der Waals surface area contributed by atoms with Gasteiger partial charge in [-0.05, 0) is 12.0 Å². The molecule has 1 aromatic carbocycles. The van der Waals surface area contributed by atoms with Crippen molar-refractivity contribution in [3.63, 3.8) is 0 Å². The van der Waals surface area contributed by atoms with Gasteiger partial charge in [-0.1, -0.05) is 30.3 Å². The number of hydrogen-bond donors (Lipinski definition) is 1. The molecule has 1 aliphatic heterocycles. The molecule has 0 spiro atoms. The third kappa shape index (κ3) is 5.04. The van der Waals surface area contributed by atoms with E-state index in [0.717, 1.165) is 5.56 Å². The maximum absolute atomic E-state index is 12.9. The van der Waals surface area contributed by atoms with Gasteiger partial charge in [-0.25, -0.2) is 0 Å². The van der Waals surface area contributed by atoms with Crippen LogP contribution in [0.15, 0.2) is 30.3 Å². The number of hydrogen-bond acceptors (Lipinski definition) is 4. The smallest absolute Gasteiger partial charge is 0.227 e. The zero-order chi connectivity index (χ0) is 17.4. The molecule has 1 fully saturated rings. The van der Waals surface area contributed by atoms with E-state index in [1.165, 1.54) is 0 Å². The van der Waals surface area contributed by atoms with Crippen LogP contribution in [0.2, 0.25) is 0 Å². The number of benzene rings is 1. The van der Waals surface area contributed by atoms with Crippen LogP contribution in [-0.4, -0.2) is 66.7 Å². The molecule has 0 bridgehead atoms. The molecule has 1 atom stereocenters. The molecular weight excluding hydrogens is 308 g/mol. The molecule has 6 nitrogen and oxygen atoms in total. The average molecular weight is 334 g/mol. The van der Waals surface area contributed by atoms with Gasteiger partial charge in [0.1, 0.15) is 0 Å². The number of ether oxygens (including phenoxy) is 1. The van der Waals surface area contributed by atoms with Crippen LogP contribution in [-0.2, 0) is 20.9 Å². The lowest BCUT2D eigenvalue weighted by atomic mass is 9.95. The van der Waals surface area contributed by atoms with E-state index < -0.39 is 0 Å². The summed E-state index contributed by atoms with van der Waals surface area (Å²) in [4.78, 5) is 28.2. The Bertz CT molecular complexity index is 535. The summed E-state index contributed by atoms with van der Waals surface area (Å²) >= 11 is 0. The first-order chi connectivity index (χ1) is 11.7. The predicted octanol–water partition coefficient (Wildman–Crippen LogP) is 0.893. The highest BCUT2D eigenvalue weighted by Crippen LogP contribution is 2.21. The fraction of sp³-hybridized carbons (Fsp3) is 0.556. The summed E-state index contributed by atoms with van der Waals surface area (Å²) < 4.78 is 5.03. The minimum Gasteiger partial charge on any atom is -0.395 e. The molecule has 1 aromatic rings. The van der Waals surface area contributed by atoms with Crippen molar-refractivity contribution >= 4 is 11.8 Å². The van der Waals surface area contributed by atoms with Crippen molar-refractivity contribution in [1.29, 1.82) is 0 Å². The molecule has 0 saturated carbocycles. The highest BCUT2D eigenvalue weighted by Gasteiger charge is 2.32. The van der Waals surface area contributed by atoms with Gasteiger partial charge in [0.15, 0.2) is 0 Å². The van der Waals surface area contributed by atoms with E-state index in [-0.39, 0.29) is 24.3 Å². The summed E-state index contributed by atoms with van der Waals surface area (Å²) in [6.45, 7) is 2.11. The Hall–Kier alpha value is -1.92. The van der Waals surface area contributed by atoms with Crippen LogP contribution < -0.4 is 0 Å². The van der Waals surface area contributed by atoms with Gasteiger partial charge < -0.3 is 19.6 Å². The van der Waals surface area contributed by atoms with Gasteiger partial charge in [-0.2, -0.15) is 0 Å². The van der Waals surface area contributed by atoms with E-state index in [1.54, 1.807) is 16.9 Å². The number of nitrogens with zero attached hydrogens (tertiary/aromatic N) is 2. The molecule has 0 radical (unpaired) electrons. The monoisotopic (exact) mass is 334 g/mol. The van der Waals surface area contributed by atoms with Crippen molar-refractivity contribution in [2.45, 2.75) is 19.4 Å². The van der Waals surface area contributed by atoms with Gasteiger partial charge >= 0.3 is 0 Å². The lowest BCUT2D eigenvalue weighted by molar-refractivity contribution is -0.144. The van der Waals surface area contributed by atoms with Crippen molar-refractivity contribution < 1.29 is 19.4 Å². The van der Waals surface area contributed by atoms with Gasteiger partial charge in [0.05, 0.1) is 19.1 Å². The first-order valence-corrected chi connectivity index (χ1v) is 8.36. The number of carbonyl (C=O) groups excluding carboxylic acids is 2. The van der Waals surface area contributed by atoms with Gasteiger partial charge in [0, 0.05) is 39.7 Å². The van der Waals surface area contributed by atoms with E-state index in [9.17, 15) is 14.7 Å². The molecule has 1 heterocycles. The Morgan fingerprint density at radius 1 is 1.38 bits per heavy atom. The fourth-order valence-electron chi connectivity index (χ4n) is 2.98. The van der Waals surface area contributed by atoms with Crippen molar-refractivity contribution in [3.8, 4) is 0 Å². The normalized spacial score (nSPS) is 17.8. The van der Waals surface area contributed by atoms with Crippen LogP contribution in [0.4, 0.5) is 0 Å². The minimum atomic E-state index is -0.213. The third-order valence-electron chi connectivity index (χ3n) is 4.31. The predicted molar refractivity (Wildman–Crippen MR) is 90.1 cm³/mol. The van der Waals surface area contributed by atoms with Gasteiger partial charge in [0.25, 0.3) is 0 Å². The SMILES string of the molecule is COCCN1CC(C(=O)N(CCO)Cc2ccccc2)CCC1=O. The van der Waals surface area contributed by atoms with Crippen LogP contribution in [0.25, 0.3) is 0 Å². The van der Waals surface area contributed by atoms with Crippen LogP contribution in [0.1, 0.15) is 18.4 Å². The zero-order valence-corrected chi connectivity index (χ0v) is 14.2. The zero-order valence-electron chi connectivity index (χ0n) is 14.2. The lowest BCUT2D eigenvalue weighted by Crippen LogP contribution is -2.48. The summed E-state index contributed by atoms with van der Waals surface area (Å²) in [6, 6.07) is 9.73. The topological polar surface area (TPSA) is 70.1 Å². The Balaban J connectivity index is 2.01. The minimum absolute atomic E-state index is 0.00261. The van der Waals surface area contributed by atoms with Crippen LogP contribution >= 0.6 is 0 Å². The molecule has 132 valence electrons. The molecule has 6 heteroatoms. The lowest BCUT2D eigenvalue weighted by Gasteiger charge is -2.34. The Morgan fingerprint density at radius 3 is 2.79 bits per heavy atom. The van der Waals surface area contributed by atoms with Crippen LogP contribution in [0.5, 0.6) is 0 Å². The number of methoxy groups -OCH3 is 1. The number of amides is 2. The van der Waals surface area contributed by atoms with E-state index in [0.29, 0.717) is 45.6 Å². The fourth-order valence-corrected chi connectivity index (χ4v) is 2.98. The van der Waals surface area contributed by atoms with E-state index >= 15 is 0 Å². The quantitative estimate of drug-likeness (QED) is 0.767. The van der Waals surface area contributed by atoms with Crippen LogP contribution in [0, 0.1) is 5.92 Å². The van der Waals surface area contributed by atoms with Crippen molar-refractivity contribution in [2.75, 3.05) is 40.0 Å². The van der Waals surface area contributed by atoms with E-state index in [1.807, 2.05) is 30.3 Å². The first kappa shape index (κ1) is 18.4. The molecular formula is C18H26N2O4. The number of piperidine rings is 1. The highest BCUT2D eigenvalue weighted by atomic mass is 16.5. The van der Waals surface area contributed by atoms with Crippen molar-refractivity contribution in [1.82, 2.24) is 9.80 Å². The second-order valence-electron chi connectivity index (χ2n) is 6.04. The maximum Gasteiger partial charge on any atom is 0.227 e. The van der Waals surface area contributed by atoms with Crippen LogP contribution in [0.3, 0.4) is 0 Å². The third-order valence-corrected chi connectivity index (χ3v) is 4.31. The number of aliphatic hydroxyl groups excluding tert-OH is 1. The largest absolute Gasteiger partial charge is 0.395 e. The molecule has 0 aromatic heterocycles. The van der Waals surface area contributed by atoms with Crippen molar-refractivity contribution in [3.05, 3.63) is 35.9 Å². The second-order valence-corrected chi connectivity index (χ2v) is 6.04. The number of aliphatic hydroxyl groups is 1. The average Bonchev–Trinajstić information content (AvgIpc) is 2.61. The van der Waals surface area contributed by atoms with Gasteiger partial charge in [0.2, 0.25) is 11.8 Å². The molecule has 1 aliphatic rings. The first-order valence-electron chi connectivity index (χ1n) is 8.36. The maximum atomic E-state index is 12.9. The summed E-state index contributed by atoms with van der Waals surface area (Å²) in [5, 5.41) is 9.30. The van der Waals surface area contributed by atoms with E-state index in [2.05, 4.69) is 0 Å². The summed E-state index contributed by atoms with van der Waals surface area (Å²) in [5.41, 5.74) is 1.03. The molecule has 0 aliphatic carbocycles. The van der Waals surface area contributed by atoms with Crippen molar-refractivity contribution in [2.24, 2.45) is 5.92 Å².